The van der Waals surface area contributed by atoms with Crippen LogP contribution in [0.25, 0.3) is 0 Å². The highest BCUT2D eigenvalue weighted by atomic mass is 79.9. The number of hydrogen-bond acceptors (Lipinski definition) is 6. The zero-order valence-corrected chi connectivity index (χ0v) is 17.2. The fourth-order valence-corrected chi connectivity index (χ4v) is 5.29. The van der Waals surface area contributed by atoms with Crippen LogP contribution < -0.4 is 10.2 Å². The summed E-state index contributed by atoms with van der Waals surface area (Å²) in [6.45, 7) is 6.70. The highest BCUT2D eigenvalue weighted by Gasteiger charge is 2.30. The van der Waals surface area contributed by atoms with Gasteiger partial charge >= 0.3 is 0 Å². The molecule has 1 aliphatic heterocycles. The van der Waals surface area contributed by atoms with Crippen molar-refractivity contribution in [1.29, 1.82) is 0 Å². The molecule has 0 radical (unpaired) electrons. The van der Waals surface area contributed by atoms with Gasteiger partial charge in [0.25, 0.3) is 0 Å². The Kier molecular flexibility index (Phi) is 5.79. The van der Waals surface area contributed by atoms with Crippen molar-refractivity contribution in [1.82, 2.24) is 14.3 Å². The van der Waals surface area contributed by atoms with Gasteiger partial charge in [-0.25, -0.2) is 13.4 Å². The second-order valence-electron chi connectivity index (χ2n) is 6.04. The number of aryl methyl sites for hydroxylation is 1. The molecule has 3 rings (SSSR count). The van der Waals surface area contributed by atoms with Crippen molar-refractivity contribution in [3.05, 3.63) is 40.5 Å². The fourth-order valence-electron chi connectivity index (χ4n) is 2.90. The van der Waals surface area contributed by atoms with E-state index in [-0.39, 0.29) is 0 Å². The van der Waals surface area contributed by atoms with Crippen molar-refractivity contribution < 1.29 is 8.42 Å². The van der Waals surface area contributed by atoms with Crippen LogP contribution in [0.5, 0.6) is 0 Å². The summed E-state index contributed by atoms with van der Waals surface area (Å²) in [6, 6.07) is 8.84. The topological polar surface area (TPSA) is 78.4 Å². The Balaban J connectivity index is 1.74. The number of anilines is 2. The van der Waals surface area contributed by atoms with Crippen LogP contribution in [0.3, 0.4) is 0 Å². The Morgan fingerprint density at radius 1 is 1.15 bits per heavy atom. The van der Waals surface area contributed by atoms with Crippen LogP contribution in [0.4, 0.5) is 11.8 Å². The van der Waals surface area contributed by atoms with Crippen LogP contribution in [0.2, 0.25) is 0 Å². The lowest BCUT2D eigenvalue weighted by Crippen LogP contribution is -2.49. The summed E-state index contributed by atoms with van der Waals surface area (Å²) < 4.78 is 27.9. The van der Waals surface area contributed by atoms with Gasteiger partial charge in [0.05, 0.1) is 4.90 Å². The first-order valence-corrected chi connectivity index (χ1v) is 10.7. The molecule has 7 nitrogen and oxygen atoms in total. The predicted molar refractivity (Wildman–Crippen MR) is 106 cm³/mol. The average molecular weight is 440 g/mol. The smallest absolute Gasteiger partial charge is 0.244 e. The van der Waals surface area contributed by atoms with Crippen LogP contribution in [-0.2, 0) is 10.0 Å². The number of hydrogen-bond donors (Lipinski definition) is 1. The molecule has 1 saturated heterocycles. The van der Waals surface area contributed by atoms with Crippen LogP contribution in [0.15, 0.2) is 39.7 Å². The molecule has 1 aromatic carbocycles. The summed E-state index contributed by atoms with van der Waals surface area (Å²) in [6.07, 6.45) is 0. The Bertz CT molecular complexity index is 882. The van der Waals surface area contributed by atoms with E-state index < -0.39 is 10.0 Å². The minimum atomic E-state index is -3.51. The van der Waals surface area contributed by atoms with E-state index in [1.165, 1.54) is 4.31 Å². The largest absolute Gasteiger partial charge is 0.354 e. The number of rotatable bonds is 5. The maximum atomic E-state index is 12.9. The number of nitrogens with one attached hydrogen (secondary N) is 1. The number of benzene rings is 1. The second kappa shape index (κ2) is 7.89. The van der Waals surface area contributed by atoms with Crippen molar-refractivity contribution in [2.45, 2.75) is 18.7 Å². The summed E-state index contributed by atoms with van der Waals surface area (Å²) in [4.78, 5) is 11.3. The van der Waals surface area contributed by atoms with Crippen LogP contribution >= 0.6 is 15.9 Å². The van der Waals surface area contributed by atoms with Gasteiger partial charge in [0, 0.05) is 49.0 Å². The average Bonchev–Trinajstić information content (AvgIpc) is 2.62. The first-order valence-electron chi connectivity index (χ1n) is 8.51. The molecule has 0 spiro atoms. The van der Waals surface area contributed by atoms with Crippen molar-refractivity contribution in [3.63, 3.8) is 0 Å². The van der Waals surface area contributed by atoms with Gasteiger partial charge in [-0.3, -0.25) is 0 Å². The Morgan fingerprint density at radius 3 is 2.50 bits per heavy atom. The molecule has 0 bridgehead atoms. The molecule has 26 heavy (non-hydrogen) atoms. The molecular weight excluding hydrogens is 418 g/mol. The van der Waals surface area contributed by atoms with Crippen molar-refractivity contribution >= 4 is 37.7 Å². The van der Waals surface area contributed by atoms with E-state index in [0.717, 1.165) is 18.1 Å². The van der Waals surface area contributed by atoms with Gasteiger partial charge in [0.15, 0.2) is 0 Å². The molecule has 2 aromatic rings. The van der Waals surface area contributed by atoms with Crippen molar-refractivity contribution in [2.75, 3.05) is 42.9 Å². The summed E-state index contributed by atoms with van der Waals surface area (Å²) in [5, 5.41) is 3.13. The normalized spacial score (nSPS) is 15.9. The molecule has 2 heterocycles. The van der Waals surface area contributed by atoms with Crippen LogP contribution in [0.1, 0.15) is 12.6 Å². The van der Waals surface area contributed by atoms with Gasteiger partial charge in [-0.2, -0.15) is 9.29 Å². The number of aromatic nitrogens is 2. The molecule has 0 aliphatic carbocycles. The third kappa shape index (κ3) is 3.99. The first kappa shape index (κ1) is 19.1. The first-order chi connectivity index (χ1) is 12.4. The molecule has 1 aliphatic rings. The Hall–Kier alpha value is -1.71. The second-order valence-corrected chi connectivity index (χ2v) is 8.80. The van der Waals surface area contributed by atoms with E-state index >= 15 is 0 Å². The number of piperazine rings is 1. The lowest BCUT2D eigenvalue weighted by molar-refractivity contribution is 0.383. The van der Waals surface area contributed by atoms with Gasteiger partial charge < -0.3 is 10.2 Å². The molecule has 0 amide bonds. The van der Waals surface area contributed by atoms with E-state index in [1.54, 1.807) is 24.3 Å². The monoisotopic (exact) mass is 439 g/mol. The zero-order valence-electron chi connectivity index (χ0n) is 14.8. The van der Waals surface area contributed by atoms with Crippen LogP contribution in [-0.4, -0.2) is 55.4 Å². The highest BCUT2D eigenvalue weighted by Crippen LogP contribution is 2.26. The van der Waals surface area contributed by atoms with Crippen molar-refractivity contribution in [3.8, 4) is 0 Å². The third-order valence-corrected chi connectivity index (χ3v) is 7.10. The summed E-state index contributed by atoms with van der Waals surface area (Å²) in [5.41, 5.74) is 0.884. The van der Waals surface area contributed by atoms with Gasteiger partial charge in [-0.15, -0.1) is 0 Å². The maximum Gasteiger partial charge on any atom is 0.244 e. The minimum absolute atomic E-state index is 0.306. The lowest BCUT2D eigenvalue weighted by Gasteiger charge is -2.35. The number of sulfonamides is 1. The van der Waals surface area contributed by atoms with E-state index in [9.17, 15) is 8.42 Å². The molecule has 140 valence electrons. The lowest BCUT2D eigenvalue weighted by atomic mass is 10.3. The molecule has 0 unspecified atom stereocenters. The predicted octanol–water partition coefficient (Wildman–Crippen LogP) is 2.49. The van der Waals surface area contributed by atoms with E-state index in [2.05, 4.69) is 36.1 Å². The fraction of sp³-hybridized carbons (Fsp3) is 0.412. The van der Waals surface area contributed by atoms with Gasteiger partial charge in [0.1, 0.15) is 5.82 Å². The summed E-state index contributed by atoms with van der Waals surface area (Å²) in [5.74, 6) is 1.43. The van der Waals surface area contributed by atoms with E-state index in [1.807, 2.05) is 19.9 Å². The van der Waals surface area contributed by atoms with E-state index in [0.29, 0.717) is 41.5 Å². The Labute approximate surface area is 162 Å². The SMILES string of the molecule is CCNc1nc(C)cc(N2CCN(S(=O)(=O)c3ccccc3Br)CC2)n1. The molecule has 1 aromatic heterocycles. The van der Waals surface area contributed by atoms with Gasteiger partial charge in [-0.1, -0.05) is 12.1 Å². The third-order valence-electron chi connectivity index (χ3n) is 4.19. The van der Waals surface area contributed by atoms with Gasteiger partial charge in [-0.05, 0) is 41.9 Å². The number of halogens is 1. The zero-order chi connectivity index (χ0) is 18.7. The molecule has 0 atom stereocenters. The minimum Gasteiger partial charge on any atom is -0.354 e. The standard InChI is InChI=1S/C17H22BrN5O2S/c1-3-19-17-20-13(2)12-16(21-17)22-8-10-23(11-9-22)26(24,25)15-7-5-4-6-14(15)18/h4-7,12H,3,8-11H2,1-2H3,(H,19,20,21). The van der Waals surface area contributed by atoms with E-state index in [4.69, 9.17) is 0 Å². The van der Waals surface area contributed by atoms with Crippen LogP contribution in [0, 0.1) is 6.92 Å². The maximum absolute atomic E-state index is 12.9. The Morgan fingerprint density at radius 2 is 1.85 bits per heavy atom. The summed E-state index contributed by atoms with van der Waals surface area (Å²) >= 11 is 3.34. The van der Waals surface area contributed by atoms with Gasteiger partial charge in [0.2, 0.25) is 16.0 Å². The molecular formula is C17H22BrN5O2S. The van der Waals surface area contributed by atoms with Crippen molar-refractivity contribution in [2.24, 2.45) is 0 Å². The number of nitrogens with zero attached hydrogens (tertiary/aromatic N) is 4. The molecule has 0 saturated carbocycles. The molecule has 9 heteroatoms. The quantitative estimate of drug-likeness (QED) is 0.770. The highest BCUT2D eigenvalue weighted by molar-refractivity contribution is 9.10. The molecule has 1 N–H and O–H groups in total. The summed E-state index contributed by atoms with van der Waals surface area (Å²) in [7, 11) is -3.51. The molecule has 1 fully saturated rings.